The van der Waals surface area contributed by atoms with Gasteiger partial charge < -0.3 is 0 Å². The zero-order valence-corrected chi connectivity index (χ0v) is 14.1. The average Bonchev–Trinajstić information content (AvgIpc) is 2.56. The molecule has 0 bridgehead atoms. The summed E-state index contributed by atoms with van der Waals surface area (Å²) in [6.45, 7) is 11.9. The highest BCUT2D eigenvalue weighted by atomic mass is 16.1. The maximum Gasteiger partial charge on any atom is 0.193 e. The highest BCUT2D eigenvalue weighted by Gasteiger charge is 2.20. The number of carbonyl (C=O) groups is 2. The monoisotopic (exact) mass is 298 g/mol. The van der Waals surface area contributed by atoms with Gasteiger partial charge in [0, 0.05) is 22.6 Å². The van der Waals surface area contributed by atoms with Crippen molar-refractivity contribution in [1.82, 2.24) is 0 Å². The summed E-state index contributed by atoms with van der Waals surface area (Å²) in [4.78, 5) is 25.0. The van der Waals surface area contributed by atoms with Gasteiger partial charge in [-0.05, 0) is 12.3 Å². The second-order valence-corrected chi connectivity index (χ2v) is 5.82. The summed E-state index contributed by atoms with van der Waals surface area (Å²) in [6.07, 6.45) is 5.53. The predicted molar refractivity (Wildman–Crippen MR) is 92.3 cm³/mol. The summed E-state index contributed by atoms with van der Waals surface area (Å²) >= 11 is 0. The van der Waals surface area contributed by atoms with Crippen LogP contribution in [0.15, 0.2) is 48.6 Å². The summed E-state index contributed by atoms with van der Waals surface area (Å²) < 4.78 is 0. The minimum atomic E-state index is -0.174. The second-order valence-electron chi connectivity index (χ2n) is 5.82. The van der Waals surface area contributed by atoms with E-state index in [1.807, 2.05) is 19.9 Å². The Morgan fingerprint density at radius 1 is 1.09 bits per heavy atom. The molecule has 2 heteroatoms. The van der Waals surface area contributed by atoms with Crippen LogP contribution in [0.4, 0.5) is 0 Å². The number of Topliss-reactive ketones (excluding diaryl/α,β-unsaturated/α-hetero) is 2. The van der Waals surface area contributed by atoms with Crippen LogP contribution in [-0.2, 0) is 0 Å². The SMILES string of the molecule is C=C(/C=C\C(C)CC)C(=O)c1ccccc1C(=O)C(C)CC. The van der Waals surface area contributed by atoms with E-state index in [9.17, 15) is 9.59 Å². The lowest BCUT2D eigenvalue weighted by molar-refractivity contribution is 0.0918. The Hall–Kier alpha value is -1.96. The zero-order valence-electron chi connectivity index (χ0n) is 14.1. The summed E-state index contributed by atoms with van der Waals surface area (Å²) in [6, 6.07) is 7.02. The first kappa shape index (κ1) is 18.1. The molecule has 0 heterocycles. The van der Waals surface area contributed by atoms with Gasteiger partial charge in [-0.1, -0.05) is 77.1 Å². The molecule has 0 amide bonds. The molecule has 0 radical (unpaired) electrons. The molecule has 2 unspecified atom stereocenters. The molecule has 1 rings (SSSR count). The fourth-order valence-corrected chi connectivity index (χ4v) is 2.01. The number of hydrogen-bond donors (Lipinski definition) is 0. The molecule has 0 saturated heterocycles. The summed E-state index contributed by atoms with van der Waals surface area (Å²) in [5.74, 6) is 0.163. The Bertz CT molecular complexity index is 581. The molecule has 1 aromatic rings. The van der Waals surface area contributed by atoms with E-state index in [4.69, 9.17) is 0 Å². The fraction of sp³-hybridized carbons (Fsp3) is 0.400. The molecule has 0 spiro atoms. The second kappa shape index (κ2) is 8.47. The van der Waals surface area contributed by atoms with Gasteiger partial charge in [0.15, 0.2) is 11.6 Å². The molecule has 0 N–H and O–H groups in total. The molecule has 118 valence electrons. The zero-order chi connectivity index (χ0) is 16.7. The molecule has 0 aromatic heterocycles. The largest absolute Gasteiger partial charge is 0.294 e. The standard InChI is InChI=1S/C20H26O2/c1-6-14(3)12-13-16(5)20(22)18-11-9-8-10-17(18)19(21)15(4)7-2/h8-15H,5-7H2,1-4H3/b13-12-. The summed E-state index contributed by atoms with van der Waals surface area (Å²) in [5, 5.41) is 0. The van der Waals surface area contributed by atoms with Gasteiger partial charge in [0.2, 0.25) is 0 Å². The van der Waals surface area contributed by atoms with Crippen molar-refractivity contribution in [3.63, 3.8) is 0 Å². The predicted octanol–water partition coefficient (Wildman–Crippen LogP) is 5.26. The first-order valence-electron chi connectivity index (χ1n) is 7.97. The lowest BCUT2D eigenvalue weighted by Gasteiger charge is -2.12. The smallest absolute Gasteiger partial charge is 0.193 e. The Labute approximate surface area is 133 Å². The van der Waals surface area contributed by atoms with Crippen molar-refractivity contribution in [2.75, 3.05) is 0 Å². The van der Waals surface area contributed by atoms with Crippen molar-refractivity contribution in [2.24, 2.45) is 11.8 Å². The highest BCUT2D eigenvalue weighted by molar-refractivity contribution is 6.16. The molecule has 0 aliphatic heterocycles. The molecular formula is C20H26O2. The Balaban J connectivity index is 3.07. The summed E-state index contributed by atoms with van der Waals surface area (Å²) in [7, 11) is 0. The van der Waals surface area contributed by atoms with Crippen LogP contribution in [0.3, 0.4) is 0 Å². The molecule has 0 fully saturated rings. The van der Waals surface area contributed by atoms with E-state index in [2.05, 4.69) is 20.4 Å². The van der Waals surface area contributed by atoms with Gasteiger partial charge in [0.05, 0.1) is 0 Å². The van der Waals surface area contributed by atoms with Crippen molar-refractivity contribution in [2.45, 2.75) is 40.5 Å². The molecule has 0 saturated carbocycles. The average molecular weight is 298 g/mol. The first-order valence-corrected chi connectivity index (χ1v) is 7.97. The molecule has 0 aliphatic rings. The van der Waals surface area contributed by atoms with E-state index in [-0.39, 0.29) is 17.5 Å². The minimum Gasteiger partial charge on any atom is -0.294 e. The van der Waals surface area contributed by atoms with Crippen molar-refractivity contribution in [1.29, 1.82) is 0 Å². The van der Waals surface area contributed by atoms with Crippen LogP contribution in [0, 0.1) is 11.8 Å². The van der Waals surface area contributed by atoms with E-state index in [1.165, 1.54) is 0 Å². The molecular weight excluding hydrogens is 272 g/mol. The lowest BCUT2D eigenvalue weighted by Crippen LogP contribution is -2.15. The molecule has 1 aromatic carbocycles. The van der Waals surface area contributed by atoms with Crippen LogP contribution in [0.5, 0.6) is 0 Å². The molecule has 22 heavy (non-hydrogen) atoms. The lowest BCUT2D eigenvalue weighted by atomic mass is 9.90. The number of allylic oxidation sites excluding steroid dienone is 3. The fourth-order valence-electron chi connectivity index (χ4n) is 2.01. The van der Waals surface area contributed by atoms with Gasteiger partial charge in [0.1, 0.15) is 0 Å². The third-order valence-corrected chi connectivity index (χ3v) is 4.06. The van der Waals surface area contributed by atoms with Crippen LogP contribution in [0.1, 0.15) is 61.3 Å². The number of carbonyl (C=O) groups excluding carboxylic acids is 2. The molecule has 0 aliphatic carbocycles. The third-order valence-electron chi connectivity index (χ3n) is 4.06. The molecule has 2 nitrogen and oxygen atoms in total. The highest BCUT2D eigenvalue weighted by Crippen LogP contribution is 2.19. The Morgan fingerprint density at radius 2 is 1.68 bits per heavy atom. The van der Waals surface area contributed by atoms with Crippen LogP contribution in [0.25, 0.3) is 0 Å². The van der Waals surface area contributed by atoms with Crippen molar-refractivity contribution in [3.8, 4) is 0 Å². The maximum atomic E-state index is 12.6. The van der Waals surface area contributed by atoms with E-state index in [0.717, 1.165) is 12.8 Å². The van der Waals surface area contributed by atoms with Gasteiger partial charge in [-0.3, -0.25) is 9.59 Å². The van der Waals surface area contributed by atoms with Crippen LogP contribution in [-0.4, -0.2) is 11.6 Å². The quantitative estimate of drug-likeness (QED) is 0.373. The first-order chi connectivity index (χ1) is 10.4. The van der Waals surface area contributed by atoms with Crippen molar-refractivity contribution < 1.29 is 9.59 Å². The number of rotatable bonds is 8. The Morgan fingerprint density at radius 3 is 2.23 bits per heavy atom. The maximum absolute atomic E-state index is 12.6. The van der Waals surface area contributed by atoms with Crippen LogP contribution >= 0.6 is 0 Å². The van der Waals surface area contributed by atoms with E-state index >= 15 is 0 Å². The number of hydrogen-bond acceptors (Lipinski definition) is 2. The van der Waals surface area contributed by atoms with E-state index in [1.54, 1.807) is 30.3 Å². The van der Waals surface area contributed by atoms with Crippen LogP contribution < -0.4 is 0 Å². The Kier molecular flexibility index (Phi) is 6.97. The summed E-state index contributed by atoms with van der Waals surface area (Å²) in [5.41, 5.74) is 1.37. The number of ketones is 2. The topological polar surface area (TPSA) is 34.1 Å². The van der Waals surface area contributed by atoms with E-state index in [0.29, 0.717) is 22.6 Å². The third kappa shape index (κ3) is 4.52. The van der Waals surface area contributed by atoms with Crippen LogP contribution in [0.2, 0.25) is 0 Å². The van der Waals surface area contributed by atoms with Crippen molar-refractivity contribution in [3.05, 3.63) is 59.7 Å². The van der Waals surface area contributed by atoms with Gasteiger partial charge in [-0.15, -0.1) is 0 Å². The van der Waals surface area contributed by atoms with Gasteiger partial charge in [-0.2, -0.15) is 0 Å². The van der Waals surface area contributed by atoms with E-state index < -0.39 is 0 Å². The van der Waals surface area contributed by atoms with Crippen molar-refractivity contribution >= 4 is 11.6 Å². The molecule has 2 atom stereocenters. The van der Waals surface area contributed by atoms with Gasteiger partial charge in [0.25, 0.3) is 0 Å². The van der Waals surface area contributed by atoms with Gasteiger partial charge >= 0.3 is 0 Å². The minimum absolute atomic E-state index is 0.0187. The normalized spacial score (nSPS) is 13.8. The van der Waals surface area contributed by atoms with Gasteiger partial charge in [-0.25, -0.2) is 0 Å². The number of benzene rings is 1.